The Morgan fingerprint density at radius 2 is 2.32 bits per heavy atom. The first-order valence-corrected chi connectivity index (χ1v) is 7.39. The number of carbonyl (C=O) groups is 1. The van der Waals surface area contributed by atoms with Gasteiger partial charge in [0.25, 0.3) is 5.78 Å². The van der Waals surface area contributed by atoms with Crippen LogP contribution in [0.2, 0.25) is 0 Å². The van der Waals surface area contributed by atoms with E-state index in [0.717, 1.165) is 12.8 Å². The van der Waals surface area contributed by atoms with E-state index in [0.29, 0.717) is 22.7 Å². The van der Waals surface area contributed by atoms with Gasteiger partial charge in [0.2, 0.25) is 11.1 Å². The summed E-state index contributed by atoms with van der Waals surface area (Å²) >= 11 is 1.34. The van der Waals surface area contributed by atoms with Gasteiger partial charge in [-0.1, -0.05) is 24.6 Å². The van der Waals surface area contributed by atoms with Gasteiger partial charge < -0.3 is 5.32 Å². The van der Waals surface area contributed by atoms with Gasteiger partial charge in [0, 0.05) is 18.4 Å². The third-order valence-electron chi connectivity index (χ3n) is 3.15. The van der Waals surface area contributed by atoms with Gasteiger partial charge in [0.15, 0.2) is 0 Å². The van der Waals surface area contributed by atoms with Gasteiger partial charge in [0.1, 0.15) is 0 Å². The van der Waals surface area contributed by atoms with Crippen LogP contribution in [-0.4, -0.2) is 37.3 Å². The predicted octanol–water partition coefficient (Wildman–Crippen LogP) is 1.28. The Kier molecular flexibility index (Phi) is 3.63. The van der Waals surface area contributed by atoms with Crippen LogP contribution in [0.25, 0.3) is 5.78 Å². The standard InChI is InChI=1S/C12H15N5OS/c18-10(14-9-4-1-2-5-9)8-19-12-15-11-13-6-3-7-17(11)16-12/h3,6-7,9H,1-2,4-5,8H2,(H,14,18). The fourth-order valence-electron chi connectivity index (χ4n) is 2.24. The maximum Gasteiger partial charge on any atom is 0.253 e. The predicted molar refractivity (Wildman–Crippen MR) is 71.9 cm³/mol. The second-order valence-electron chi connectivity index (χ2n) is 4.60. The number of hydrogen-bond donors (Lipinski definition) is 1. The smallest absolute Gasteiger partial charge is 0.253 e. The summed E-state index contributed by atoms with van der Waals surface area (Å²) in [6.45, 7) is 0. The zero-order chi connectivity index (χ0) is 13.1. The Morgan fingerprint density at radius 1 is 1.47 bits per heavy atom. The van der Waals surface area contributed by atoms with Crippen LogP contribution < -0.4 is 5.32 Å². The molecular formula is C12H15N5OS. The molecule has 1 aliphatic rings. The molecule has 1 N–H and O–H groups in total. The molecule has 19 heavy (non-hydrogen) atoms. The fraction of sp³-hybridized carbons (Fsp3) is 0.500. The number of thioether (sulfide) groups is 1. The summed E-state index contributed by atoms with van der Waals surface area (Å²) < 4.78 is 1.61. The summed E-state index contributed by atoms with van der Waals surface area (Å²) in [4.78, 5) is 20.1. The van der Waals surface area contributed by atoms with Crippen LogP contribution in [0.15, 0.2) is 23.6 Å². The zero-order valence-electron chi connectivity index (χ0n) is 10.5. The van der Waals surface area contributed by atoms with Crippen LogP contribution in [0.5, 0.6) is 0 Å². The SMILES string of the molecule is O=C(CSc1nc2ncccn2n1)NC1CCCC1. The zero-order valence-corrected chi connectivity index (χ0v) is 11.3. The van der Waals surface area contributed by atoms with Crippen LogP contribution in [0, 0.1) is 0 Å². The molecule has 6 nitrogen and oxygen atoms in total. The number of amides is 1. The molecule has 100 valence electrons. The lowest BCUT2D eigenvalue weighted by atomic mass is 10.2. The molecule has 0 aliphatic heterocycles. The number of rotatable bonds is 4. The monoisotopic (exact) mass is 277 g/mol. The van der Waals surface area contributed by atoms with Crippen LogP contribution in [0.1, 0.15) is 25.7 Å². The Morgan fingerprint density at radius 3 is 3.11 bits per heavy atom. The third-order valence-corrected chi connectivity index (χ3v) is 3.99. The van der Waals surface area contributed by atoms with Crippen molar-refractivity contribution in [2.24, 2.45) is 0 Å². The molecule has 1 aliphatic carbocycles. The molecule has 0 spiro atoms. The van der Waals surface area contributed by atoms with Gasteiger partial charge in [0.05, 0.1) is 5.75 Å². The number of aromatic nitrogens is 4. The van der Waals surface area contributed by atoms with E-state index in [4.69, 9.17) is 0 Å². The minimum atomic E-state index is 0.0590. The lowest BCUT2D eigenvalue weighted by Crippen LogP contribution is -2.33. The molecule has 1 amide bonds. The van der Waals surface area contributed by atoms with Crippen molar-refractivity contribution >= 4 is 23.4 Å². The minimum Gasteiger partial charge on any atom is -0.353 e. The Labute approximate surface area is 115 Å². The van der Waals surface area contributed by atoms with E-state index in [1.54, 1.807) is 23.0 Å². The highest BCUT2D eigenvalue weighted by Gasteiger charge is 2.17. The van der Waals surface area contributed by atoms with E-state index < -0.39 is 0 Å². The van der Waals surface area contributed by atoms with Crippen molar-refractivity contribution in [3.63, 3.8) is 0 Å². The minimum absolute atomic E-state index is 0.0590. The van der Waals surface area contributed by atoms with Crippen molar-refractivity contribution in [3.05, 3.63) is 18.5 Å². The molecule has 0 radical (unpaired) electrons. The molecule has 0 unspecified atom stereocenters. The van der Waals surface area contributed by atoms with Crippen molar-refractivity contribution in [1.29, 1.82) is 0 Å². The van der Waals surface area contributed by atoms with Crippen molar-refractivity contribution < 1.29 is 4.79 Å². The fourth-order valence-corrected chi connectivity index (χ4v) is 2.88. The van der Waals surface area contributed by atoms with Crippen LogP contribution >= 0.6 is 11.8 Å². The first-order valence-electron chi connectivity index (χ1n) is 6.41. The van der Waals surface area contributed by atoms with Crippen molar-refractivity contribution in [3.8, 4) is 0 Å². The topological polar surface area (TPSA) is 72.2 Å². The molecule has 2 aromatic heterocycles. The Bertz CT molecular complexity index is 545. The summed E-state index contributed by atoms with van der Waals surface area (Å²) in [5, 5.41) is 7.87. The van der Waals surface area contributed by atoms with E-state index in [9.17, 15) is 4.79 Å². The molecule has 0 aromatic carbocycles. The molecule has 0 atom stereocenters. The third kappa shape index (κ3) is 3.04. The molecule has 0 bridgehead atoms. The Balaban J connectivity index is 1.54. The second kappa shape index (κ2) is 5.56. The van der Waals surface area contributed by atoms with Gasteiger partial charge in [-0.3, -0.25) is 4.79 Å². The largest absolute Gasteiger partial charge is 0.353 e. The maximum absolute atomic E-state index is 11.8. The van der Waals surface area contributed by atoms with E-state index in [1.165, 1.54) is 24.6 Å². The van der Waals surface area contributed by atoms with Gasteiger partial charge in [-0.15, -0.1) is 5.10 Å². The first kappa shape index (κ1) is 12.4. The average molecular weight is 277 g/mol. The van der Waals surface area contributed by atoms with Crippen LogP contribution in [-0.2, 0) is 4.79 Å². The molecule has 0 saturated heterocycles. The van der Waals surface area contributed by atoms with E-state index in [1.807, 2.05) is 0 Å². The van der Waals surface area contributed by atoms with Gasteiger partial charge in [-0.2, -0.15) is 4.98 Å². The van der Waals surface area contributed by atoms with Crippen LogP contribution in [0.4, 0.5) is 0 Å². The Hall–Kier alpha value is -1.63. The van der Waals surface area contributed by atoms with Gasteiger partial charge >= 0.3 is 0 Å². The molecule has 1 fully saturated rings. The highest BCUT2D eigenvalue weighted by molar-refractivity contribution is 7.99. The van der Waals surface area contributed by atoms with E-state index >= 15 is 0 Å². The summed E-state index contributed by atoms with van der Waals surface area (Å²) in [5.74, 6) is 0.970. The number of fused-ring (bicyclic) bond motifs is 1. The highest BCUT2D eigenvalue weighted by atomic mass is 32.2. The second-order valence-corrected chi connectivity index (χ2v) is 5.54. The average Bonchev–Trinajstić information content (AvgIpc) is 3.04. The molecule has 2 aromatic rings. The maximum atomic E-state index is 11.8. The van der Waals surface area contributed by atoms with Gasteiger partial charge in [-0.05, 0) is 18.9 Å². The van der Waals surface area contributed by atoms with Gasteiger partial charge in [-0.25, -0.2) is 9.50 Å². The normalized spacial score (nSPS) is 16.0. The molecule has 7 heteroatoms. The molecule has 1 saturated carbocycles. The lowest BCUT2D eigenvalue weighted by molar-refractivity contribution is -0.119. The first-order chi connectivity index (χ1) is 9.31. The van der Waals surface area contributed by atoms with Crippen molar-refractivity contribution in [2.75, 3.05) is 5.75 Å². The summed E-state index contributed by atoms with van der Waals surface area (Å²) in [7, 11) is 0. The van der Waals surface area contributed by atoms with Crippen molar-refractivity contribution in [2.45, 2.75) is 36.9 Å². The molecule has 2 heterocycles. The van der Waals surface area contributed by atoms with E-state index in [2.05, 4.69) is 20.4 Å². The number of hydrogen-bond acceptors (Lipinski definition) is 5. The highest BCUT2D eigenvalue weighted by Crippen LogP contribution is 2.18. The molecule has 3 rings (SSSR count). The summed E-state index contributed by atoms with van der Waals surface area (Å²) in [5.41, 5.74) is 0. The number of carbonyl (C=O) groups excluding carboxylic acids is 1. The molecular weight excluding hydrogens is 262 g/mol. The lowest BCUT2D eigenvalue weighted by Gasteiger charge is -2.10. The quantitative estimate of drug-likeness (QED) is 0.852. The number of nitrogens with zero attached hydrogens (tertiary/aromatic N) is 4. The van der Waals surface area contributed by atoms with Crippen LogP contribution in [0.3, 0.4) is 0 Å². The van der Waals surface area contributed by atoms with E-state index in [-0.39, 0.29) is 5.91 Å². The summed E-state index contributed by atoms with van der Waals surface area (Å²) in [6.07, 6.45) is 8.11. The number of nitrogens with one attached hydrogen (secondary N) is 1. The summed E-state index contributed by atoms with van der Waals surface area (Å²) in [6, 6.07) is 2.16. The van der Waals surface area contributed by atoms with Crippen molar-refractivity contribution in [1.82, 2.24) is 24.9 Å².